The van der Waals surface area contributed by atoms with Crippen LogP contribution in [-0.4, -0.2) is 64.1 Å². The predicted molar refractivity (Wildman–Crippen MR) is 144 cm³/mol. The lowest BCUT2D eigenvalue weighted by Crippen LogP contribution is -2.58. The van der Waals surface area contributed by atoms with Crippen molar-refractivity contribution in [2.24, 2.45) is 17.6 Å². The number of anilines is 2. The number of Topliss-reactive ketones (excluding diaryl/α,β-unsaturated/α-hetero) is 2. The molecule has 0 aromatic heterocycles. The fourth-order valence-electron chi connectivity index (χ4n) is 6.19. The quantitative estimate of drug-likeness (QED) is 0.240. The molecule has 10 heteroatoms. The lowest BCUT2D eigenvalue weighted by molar-refractivity contribution is -0.147. The van der Waals surface area contributed by atoms with Crippen LogP contribution in [0.25, 0.3) is 5.76 Å². The van der Waals surface area contributed by atoms with E-state index in [2.05, 4.69) is 5.32 Å². The maximum Gasteiger partial charge on any atom is 0.255 e. The average molecular weight is 534 g/mol. The lowest BCUT2D eigenvalue weighted by atomic mass is 9.59. The summed E-state index contributed by atoms with van der Waals surface area (Å²) in [5.41, 5.74) is 4.58. The minimum atomic E-state index is -2.58. The number of aliphatic hydroxyl groups is 3. The van der Waals surface area contributed by atoms with E-state index in [1.165, 1.54) is 0 Å². The molecule has 2 aromatic carbocycles. The number of hydrogen-bond donors (Lipinski definition) is 6. The van der Waals surface area contributed by atoms with Crippen LogP contribution in [0.5, 0.6) is 5.75 Å². The molecule has 0 bridgehead atoms. The number of benzene rings is 2. The van der Waals surface area contributed by atoms with Crippen LogP contribution in [0.4, 0.5) is 11.4 Å². The van der Waals surface area contributed by atoms with E-state index in [1.807, 2.05) is 49.3 Å². The Morgan fingerprint density at radius 1 is 1.13 bits per heavy atom. The van der Waals surface area contributed by atoms with Gasteiger partial charge < -0.3 is 36.4 Å². The summed E-state index contributed by atoms with van der Waals surface area (Å²) >= 11 is 0. The van der Waals surface area contributed by atoms with Crippen LogP contribution >= 0.6 is 0 Å². The first-order valence-corrected chi connectivity index (χ1v) is 12.8. The zero-order valence-corrected chi connectivity index (χ0v) is 21.7. The summed E-state index contributed by atoms with van der Waals surface area (Å²) < 4.78 is 0. The number of carbonyl (C=O) groups excluding carboxylic acids is 3. The number of amides is 1. The van der Waals surface area contributed by atoms with Crippen molar-refractivity contribution in [3.05, 3.63) is 70.0 Å². The number of fused-ring (bicyclic) bond motifs is 3. The largest absolute Gasteiger partial charge is 0.508 e. The highest BCUT2D eigenvalue weighted by molar-refractivity contribution is 6.22. The Morgan fingerprint density at radius 3 is 2.46 bits per heavy atom. The highest BCUT2D eigenvalue weighted by Gasteiger charge is 2.60. The molecule has 0 unspecified atom stereocenters. The van der Waals surface area contributed by atoms with Crippen molar-refractivity contribution in [3.63, 3.8) is 0 Å². The zero-order chi connectivity index (χ0) is 28.2. The van der Waals surface area contributed by atoms with Gasteiger partial charge in [-0.1, -0.05) is 30.3 Å². The second-order valence-corrected chi connectivity index (χ2v) is 10.6. The van der Waals surface area contributed by atoms with Gasteiger partial charge in [-0.15, -0.1) is 0 Å². The standard InChI is InChI=1S/C29H31N3O7/c1-32(2)19-13-18(31-9-8-14-6-4-3-5-7-14)24(34)22-17(19)11-15-10-16-12-20(33)23(28(30)38)27(37)29(16,39)26(36)21(15)25(22)35/h3-7,13,15-16,31,34-35,37,39H,8-12H2,1-2H3,(H2,30,38)/t15-,16+,29+/m1/s1. The summed E-state index contributed by atoms with van der Waals surface area (Å²) in [6.07, 6.45) is 0.675. The first-order chi connectivity index (χ1) is 18.5. The summed E-state index contributed by atoms with van der Waals surface area (Å²) in [6.45, 7) is 0.492. The third-order valence-electron chi connectivity index (χ3n) is 8.09. The number of aromatic hydroxyl groups is 1. The normalized spacial score (nSPS) is 24.2. The van der Waals surface area contributed by atoms with Crippen molar-refractivity contribution in [2.75, 3.05) is 30.9 Å². The average Bonchev–Trinajstić information content (AvgIpc) is 2.87. The number of ketones is 2. The molecule has 10 nitrogen and oxygen atoms in total. The number of aliphatic hydroxyl groups excluding tert-OH is 2. The van der Waals surface area contributed by atoms with Gasteiger partial charge in [0.2, 0.25) is 5.78 Å². The number of nitrogens with two attached hydrogens (primary N) is 1. The Morgan fingerprint density at radius 2 is 1.82 bits per heavy atom. The number of phenols is 1. The predicted octanol–water partition coefficient (Wildman–Crippen LogP) is 2.14. The fraction of sp³-hybridized carbons (Fsp3) is 0.345. The number of primary amides is 1. The zero-order valence-electron chi connectivity index (χ0n) is 21.7. The first kappa shape index (κ1) is 26.3. The van der Waals surface area contributed by atoms with Gasteiger partial charge in [0.05, 0.1) is 11.3 Å². The SMILES string of the molecule is CN(C)c1cc(NCCc2ccccc2)c(O)c2c1C[C@H]1C[C@H]3CC(=O)C(C(N)=O)=C(O)[C@@]3(O)C(=O)C1=C2O. The molecule has 204 valence electrons. The second kappa shape index (κ2) is 9.46. The summed E-state index contributed by atoms with van der Waals surface area (Å²) in [4.78, 5) is 39.9. The Balaban J connectivity index is 1.59. The Kier molecular flexibility index (Phi) is 6.38. The molecule has 2 aromatic rings. The molecule has 0 spiro atoms. The van der Waals surface area contributed by atoms with E-state index in [-0.39, 0.29) is 36.1 Å². The van der Waals surface area contributed by atoms with E-state index >= 15 is 0 Å². The number of nitrogens with one attached hydrogen (secondary N) is 1. The second-order valence-electron chi connectivity index (χ2n) is 10.6. The summed E-state index contributed by atoms with van der Waals surface area (Å²) in [7, 11) is 3.66. The number of rotatable bonds is 6. The molecule has 7 N–H and O–H groups in total. The Bertz CT molecular complexity index is 1460. The van der Waals surface area contributed by atoms with E-state index in [0.717, 1.165) is 11.3 Å². The van der Waals surface area contributed by atoms with Gasteiger partial charge in [-0.2, -0.15) is 0 Å². The molecule has 3 atom stereocenters. The van der Waals surface area contributed by atoms with Crippen molar-refractivity contribution in [1.29, 1.82) is 0 Å². The first-order valence-electron chi connectivity index (χ1n) is 12.8. The molecule has 39 heavy (non-hydrogen) atoms. The monoisotopic (exact) mass is 533 g/mol. The molecule has 3 aliphatic rings. The number of nitrogens with zero attached hydrogens (tertiary/aromatic N) is 1. The molecule has 0 aliphatic heterocycles. The third-order valence-corrected chi connectivity index (χ3v) is 8.09. The van der Waals surface area contributed by atoms with Gasteiger partial charge in [0.1, 0.15) is 22.8 Å². The van der Waals surface area contributed by atoms with Gasteiger partial charge in [-0.3, -0.25) is 14.4 Å². The molecule has 5 rings (SSSR count). The lowest BCUT2D eigenvalue weighted by Gasteiger charge is -2.46. The number of carbonyl (C=O) groups is 3. The van der Waals surface area contributed by atoms with Gasteiger partial charge in [-0.05, 0) is 42.4 Å². The van der Waals surface area contributed by atoms with Crippen LogP contribution in [-0.2, 0) is 27.2 Å². The number of hydrogen-bond acceptors (Lipinski definition) is 9. The van der Waals surface area contributed by atoms with Gasteiger partial charge in [0.15, 0.2) is 11.4 Å². The van der Waals surface area contributed by atoms with Gasteiger partial charge >= 0.3 is 0 Å². The molecule has 1 saturated carbocycles. The van der Waals surface area contributed by atoms with Crippen LogP contribution in [0.3, 0.4) is 0 Å². The summed E-state index contributed by atoms with van der Waals surface area (Å²) in [5.74, 6) is -6.41. The summed E-state index contributed by atoms with van der Waals surface area (Å²) in [5, 5.41) is 48.1. The topological polar surface area (TPSA) is 173 Å². The summed E-state index contributed by atoms with van der Waals surface area (Å²) in [6, 6.07) is 11.6. The smallest absolute Gasteiger partial charge is 0.255 e. The Hall–Kier alpha value is -4.31. The highest BCUT2D eigenvalue weighted by atomic mass is 16.3. The minimum Gasteiger partial charge on any atom is -0.508 e. The van der Waals surface area contributed by atoms with Gasteiger partial charge in [0, 0.05) is 44.2 Å². The van der Waals surface area contributed by atoms with Crippen LogP contribution in [0, 0.1) is 11.8 Å². The van der Waals surface area contributed by atoms with E-state index in [4.69, 9.17) is 5.73 Å². The molecular weight excluding hydrogens is 502 g/mol. The van der Waals surface area contributed by atoms with Crippen LogP contribution < -0.4 is 16.0 Å². The van der Waals surface area contributed by atoms with Crippen LogP contribution in [0.2, 0.25) is 0 Å². The van der Waals surface area contributed by atoms with Crippen molar-refractivity contribution < 1.29 is 34.8 Å². The fourth-order valence-corrected chi connectivity index (χ4v) is 6.19. The van der Waals surface area contributed by atoms with E-state index < -0.39 is 52.0 Å². The highest BCUT2D eigenvalue weighted by Crippen LogP contribution is 2.54. The van der Waals surface area contributed by atoms with Gasteiger partial charge in [0.25, 0.3) is 5.91 Å². The molecular formula is C29H31N3O7. The molecule has 3 aliphatic carbocycles. The van der Waals surface area contributed by atoms with Crippen LogP contribution in [0.15, 0.2) is 53.3 Å². The maximum absolute atomic E-state index is 13.7. The maximum atomic E-state index is 13.7. The van der Waals surface area contributed by atoms with Crippen molar-refractivity contribution in [3.8, 4) is 5.75 Å². The molecule has 0 saturated heterocycles. The molecule has 1 fully saturated rings. The molecule has 0 heterocycles. The van der Waals surface area contributed by atoms with Crippen LogP contribution in [0.1, 0.15) is 29.5 Å². The third kappa shape index (κ3) is 4.02. The van der Waals surface area contributed by atoms with E-state index in [1.54, 1.807) is 6.07 Å². The molecule has 1 amide bonds. The van der Waals surface area contributed by atoms with E-state index in [9.17, 15) is 34.8 Å². The van der Waals surface area contributed by atoms with Crippen molar-refractivity contribution >= 4 is 34.6 Å². The van der Waals surface area contributed by atoms with Crippen molar-refractivity contribution in [1.82, 2.24) is 0 Å². The van der Waals surface area contributed by atoms with Crippen molar-refractivity contribution in [2.45, 2.75) is 31.3 Å². The Labute approximate surface area is 225 Å². The van der Waals surface area contributed by atoms with Gasteiger partial charge in [-0.25, -0.2) is 0 Å². The molecule has 0 radical (unpaired) electrons. The number of phenolic OH excluding ortho intramolecular Hbond substituents is 1. The minimum absolute atomic E-state index is 0.0653. The van der Waals surface area contributed by atoms with E-state index in [0.29, 0.717) is 24.2 Å².